The fraction of sp³-hybridized carbons (Fsp3) is 0.625. The van der Waals surface area contributed by atoms with Crippen molar-refractivity contribution in [3.05, 3.63) is 23.3 Å². The van der Waals surface area contributed by atoms with Crippen molar-refractivity contribution in [1.29, 1.82) is 0 Å². The molecule has 0 amide bonds. The van der Waals surface area contributed by atoms with Crippen LogP contribution in [0.1, 0.15) is 30.4 Å². The Balaban J connectivity index is 1.73. The third-order valence-corrected chi connectivity index (χ3v) is 5.95. The van der Waals surface area contributed by atoms with Crippen LogP contribution in [0.5, 0.6) is 11.5 Å². The van der Waals surface area contributed by atoms with Crippen molar-refractivity contribution in [3.63, 3.8) is 0 Å². The van der Waals surface area contributed by atoms with Crippen LogP contribution < -0.4 is 9.47 Å². The summed E-state index contributed by atoms with van der Waals surface area (Å²) >= 11 is 0. The Morgan fingerprint density at radius 3 is 2.81 bits per heavy atom. The first-order valence-corrected chi connectivity index (χ1v) is 7.73. The maximum Gasteiger partial charge on any atom is 0.231 e. The van der Waals surface area contributed by atoms with E-state index in [9.17, 15) is 10.2 Å². The van der Waals surface area contributed by atoms with Crippen LogP contribution in [0, 0.1) is 0 Å². The Labute approximate surface area is 123 Å². The molecule has 1 aliphatic carbocycles. The van der Waals surface area contributed by atoms with Crippen molar-refractivity contribution in [2.24, 2.45) is 0 Å². The molecule has 1 saturated heterocycles. The topological polar surface area (TPSA) is 62.2 Å². The summed E-state index contributed by atoms with van der Waals surface area (Å²) in [5.74, 6) is 1.57. The molecule has 2 bridgehead atoms. The number of ether oxygens (including phenoxy) is 2. The molecule has 1 aromatic carbocycles. The van der Waals surface area contributed by atoms with Gasteiger partial charge in [-0.3, -0.25) is 4.90 Å². The van der Waals surface area contributed by atoms with Crippen LogP contribution in [0.15, 0.2) is 12.1 Å². The fourth-order valence-corrected chi connectivity index (χ4v) is 5.02. The van der Waals surface area contributed by atoms with E-state index in [1.807, 2.05) is 0 Å². The lowest BCUT2D eigenvalue weighted by Gasteiger charge is -2.51. The number of hydrogen-bond donors (Lipinski definition) is 2. The van der Waals surface area contributed by atoms with Gasteiger partial charge in [0.15, 0.2) is 11.5 Å². The van der Waals surface area contributed by atoms with Gasteiger partial charge in [-0.05, 0) is 49.1 Å². The van der Waals surface area contributed by atoms with Crippen molar-refractivity contribution in [1.82, 2.24) is 4.90 Å². The largest absolute Gasteiger partial charge is 0.454 e. The summed E-state index contributed by atoms with van der Waals surface area (Å²) in [7, 11) is 0. The van der Waals surface area contributed by atoms with Gasteiger partial charge in [0, 0.05) is 18.0 Å². The maximum atomic E-state index is 10.8. The first-order chi connectivity index (χ1) is 10.2. The van der Waals surface area contributed by atoms with Crippen LogP contribution in [0.4, 0.5) is 0 Å². The van der Waals surface area contributed by atoms with Gasteiger partial charge >= 0.3 is 0 Å². The second kappa shape index (κ2) is 3.91. The van der Waals surface area contributed by atoms with Gasteiger partial charge in [-0.15, -0.1) is 0 Å². The minimum Gasteiger partial charge on any atom is -0.454 e. The van der Waals surface area contributed by atoms with Gasteiger partial charge in [-0.1, -0.05) is 0 Å². The maximum absolute atomic E-state index is 10.8. The summed E-state index contributed by atoms with van der Waals surface area (Å²) in [4.78, 5) is 2.46. The molecule has 0 radical (unpaired) electrons. The lowest BCUT2D eigenvalue weighted by atomic mass is 9.61. The van der Waals surface area contributed by atoms with Crippen molar-refractivity contribution in [2.45, 2.75) is 49.5 Å². The number of fused-ring (bicyclic) bond motifs is 2. The normalized spacial score (nSPS) is 42.6. The van der Waals surface area contributed by atoms with E-state index in [2.05, 4.69) is 17.0 Å². The molecule has 21 heavy (non-hydrogen) atoms. The number of rotatable bonds is 0. The van der Waals surface area contributed by atoms with E-state index < -0.39 is 12.2 Å². The van der Waals surface area contributed by atoms with Gasteiger partial charge in [0.2, 0.25) is 6.79 Å². The van der Waals surface area contributed by atoms with Crippen molar-refractivity contribution >= 4 is 0 Å². The summed E-state index contributed by atoms with van der Waals surface area (Å²) in [5.41, 5.74) is 2.03. The van der Waals surface area contributed by atoms with Gasteiger partial charge in [0.1, 0.15) is 0 Å². The molecule has 2 fully saturated rings. The van der Waals surface area contributed by atoms with Crippen LogP contribution in [-0.2, 0) is 12.0 Å². The number of aliphatic hydroxyl groups is 2. The van der Waals surface area contributed by atoms with E-state index in [1.165, 1.54) is 5.56 Å². The van der Waals surface area contributed by atoms with E-state index in [-0.39, 0.29) is 12.2 Å². The molecular weight excluding hydrogens is 270 g/mol. The van der Waals surface area contributed by atoms with E-state index in [0.29, 0.717) is 12.5 Å². The molecule has 5 nitrogen and oxygen atoms in total. The predicted molar refractivity (Wildman–Crippen MR) is 74.3 cm³/mol. The van der Waals surface area contributed by atoms with E-state index in [4.69, 9.17) is 9.47 Å². The molecule has 3 aliphatic heterocycles. The average Bonchev–Trinajstić information content (AvgIpc) is 3.04. The predicted octanol–water partition coefficient (Wildman–Crippen LogP) is 0.757. The second-order valence-corrected chi connectivity index (χ2v) is 6.73. The highest BCUT2D eigenvalue weighted by Crippen LogP contribution is 2.55. The van der Waals surface area contributed by atoms with Crippen LogP contribution in [-0.4, -0.2) is 46.7 Å². The highest BCUT2D eigenvalue weighted by Gasteiger charge is 2.60. The van der Waals surface area contributed by atoms with Gasteiger partial charge in [-0.25, -0.2) is 0 Å². The third kappa shape index (κ3) is 1.37. The molecule has 4 aliphatic rings. The minimum absolute atomic E-state index is 0.267. The lowest BCUT2D eigenvalue weighted by Crippen LogP contribution is -2.60. The number of benzene rings is 1. The minimum atomic E-state index is -0.694. The molecule has 0 aromatic heterocycles. The van der Waals surface area contributed by atoms with Crippen molar-refractivity contribution < 1.29 is 19.7 Å². The Bertz CT molecular complexity index is 619. The van der Waals surface area contributed by atoms with Crippen LogP contribution in [0.3, 0.4) is 0 Å². The van der Waals surface area contributed by atoms with Gasteiger partial charge in [0.05, 0.1) is 12.2 Å². The molecule has 0 spiro atoms. The Hall–Kier alpha value is -1.30. The first kappa shape index (κ1) is 12.3. The van der Waals surface area contributed by atoms with Crippen LogP contribution in [0.25, 0.3) is 0 Å². The highest BCUT2D eigenvalue weighted by molar-refractivity contribution is 5.54. The zero-order chi connectivity index (χ0) is 14.2. The molecular formula is C16H19NO4. The summed E-state index contributed by atoms with van der Waals surface area (Å²) in [5, 5.41) is 21.0. The lowest BCUT2D eigenvalue weighted by molar-refractivity contribution is -0.0810. The second-order valence-electron chi connectivity index (χ2n) is 6.73. The SMILES string of the molecule is O[C@@H]1CCC2N3CC[C@@]2(c2cc4c(cc2C3)OCO4)[C@H]1O. The zero-order valence-corrected chi connectivity index (χ0v) is 11.8. The van der Waals surface area contributed by atoms with Crippen LogP contribution >= 0.6 is 0 Å². The highest BCUT2D eigenvalue weighted by atomic mass is 16.7. The quantitative estimate of drug-likeness (QED) is 0.738. The molecule has 1 aromatic rings. The van der Waals surface area contributed by atoms with E-state index >= 15 is 0 Å². The molecule has 5 rings (SSSR count). The third-order valence-electron chi connectivity index (χ3n) is 5.95. The number of aliphatic hydroxyl groups excluding tert-OH is 2. The summed E-state index contributed by atoms with van der Waals surface area (Å²) < 4.78 is 11.0. The molecule has 5 atom stereocenters. The number of nitrogens with zero attached hydrogens (tertiary/aromatic N) is 1. The van der Waals surface area contributed by atoms with Crippen LogP contribution in [0.2, 0.25) is 0 Å². The molecule has 1 saturated carbocycles. The van der Waals surface area contributed by atoms with Gasteiger partial charge < -0.3 is 19.7 Å². The van der Waals surface area contributed by atoms with E-state index in [1.54, 1.807) is 0 Å². The van der Waals surface area contributed by atoms with Gasteiger partial charge in [-0.2, -0.15) is 0 Å². The number of hydrogen-bond acceptors (Lipinski definition) is 5. The molecule has 3 heterocycles. The Morgan fingerprint density at radius 2 is 1.95 bits per heavy atom. The van der Waals surface area contributed by atoms with Crippen molar-refractivity contribution in [3.8, 4) is 11.5 Å². The van der Waals surface area contributed by atoms with Gasteiger partial charge in [0.25, 0.3) is 0 Å². The smallest absolute Gasteiger partial charge is 0.231 e. The standard InChI is InChI=1S/C16H19NO4/c18-11-1-2-14-16(15(11)19)3-4-17(14)7-9-5-12-13(6-10(9)16)21-8-20-12/h5-6,11,14-15,18-19H,1-4,7-8H2/t11-,14?,15+,16+/m1/s1. The first-order valence-electron chi connectivity index (χ1n) is 7.73. The van der Waals surface area contributed by atoms with Crippen molar-refractivity contribution in [2.75, 3.05) is 13.3 Å². The molecule has 5 heteroatoms. The summed E-state index contributed by atoms with van der Waals surface area (Å²) in [6, 6.07) is 4.44. The fourth-order valence-electron chi connectivity index (χ4n) is 5.02. The average molecular weight is 289 g/mol. The Morgan fingerprint density at radius 1 is 1.14 bits per heavy atom. The molecule has 112 valence electrons. The summed E-state index contributed by atoms with van der Waals surface area (Å²) in [6.07, 6.45) is 1.22. The Kier molecular flexibility index (Phi) is 2.28. The van der Waals surface area contributed by atoms with E-state index in [0.717, 1.165) is 43.0 Å². The summed E-state index contributed by atoms with van der Waals surface area (Å²) in [6.45, 7) is 2.15. The zero-order valence-electron chi connectivity index (χ0n) is 11.8. The molecule has 2 N–H and O–H groups in total. The molecule has 2 unspecified atom stereocenters. The monoisotopic (exact) mass is 289 g/mol.